The summed E-state index contributed by atoms with van der Waals surface area (Å²) in [7, 11) is 0. The van der Waals surface area contributed by atoms with Crippen LogP contribution in [0.1, 0.15) is 0 Å². The Hall–Kier alpha value is -7.82. The van der Waals surface area contributed by atoms with Crippen molar-refractivity contribution in [2.45, 2.75) is 0 Å². The van der Waals surface area contributed by atoms with Crippen LogP contribution in [-0.2, 0) is 0 Å². The van der Waals surface area contributed by atoms with Crippen LogP contribution in [0.3, 0.4) is 0 Å². The molecule has 0 N–H and O–H groups in total. The topological polar surface area (TPSA) is 27.9 Å². The molecule has 4 heterocycles. The van der Waals surface area contributed by atoms with E-state index < -0.39 is 0 Å². The van der Waals surface area contributed by atoms with Gasteiger partial charge in [-0.1, -0.05) is 103 Å². The number of nitrogens with zero attached hydrogens (tertiary/aromatic N) is 3. The zero-order chi connectivity index (χ0) is 37.9. The van der Waals surface area contributed by atoms with E-state index in [1.165, 1.54) is 82.2 Å². The molecule has 0 amide bonds. The van der Waals surface area contributed by atoms with Gasteiger partial charge in [0.05, 0.1) is 33.1 Å². The average Bonchev–Trinajstić information content (AvgIpc) is 4.02. The standard InChI is InChI=1S/C54H33N3O/c1-2-12-36(13-3-1)55-47-18-8-4-14-39(47)43-30-34(22-26-50(43)55)35-23-27-51-44(31-35)40-15-5-9-19-48(40)56(51)37-24-28-52-45(32-37)41-16-6-10-20-49(41)57(52)38-25-29-54-46(33-38)42-17-7-11-21-53(42)58-54/h1-33H. The van der Waals surface area contributed by atoms with E-state index in [9.17, 15) is 0 Å². The highest BCUT2D eigenvalue weighted by atomic mass is 16.3. The fraction of sp³-hybridized carbons (Fsp3) is 0. The van der Waals surface area contributed by atoms with Crippen LogP contribution in [0.5, 0.6) is 0 Å². The molecular weight excluding hydrogens is 707 g/mol. The third-order valence-corrected chi connectivity index (χ3v) is 12.2. The summed E-state index contributed by atoms with van der Waals surface area (Å²) in [6, 6.07) is 72.6. The summed E-state index contributed by atoms with van der Waals surface area (Å²) in [5, 5.41) is 9.69. The van der Waals surface area contributed by atoms with E-state index in [2.05, 4.69) is 202 Å². The molecule has 4 aromatic heterocycles. The van der Waals surface area contributed by atoms with Gasteiger partial charge in [-0.15, -0.1) is 0 Å². The number of hydrogen-bond donors (Lipinski definition) is 0. The van der Waals surface area contributed by atoms with Crippen LogP contribution in [-0.4, -0.2) is 13.7 Å². The second kappa shape index (κ2) is 11.8. The summed E-state index contributed by atoms with van der Waals surface area (Å²) < 4.78 is 13.4. The van der Waals surface area contributed by atoms with E-state index in [4.69, 9.17) is 4.42 Å². The van der Waals surface area contributed by atoms with Gasteiger partial charge in [0.25, 0.3) is 0 Å². The maximum atomic E-state index is 6.20. The molecule has 0 spiro atoms. The summed E-state index contributed by atoms with van der Waals surface area (Å²) in [4.78, 5) is 0. The Labute approximate surface area is 332 Å². The minimum atomic E-state index is 0.902. The first-order valence-electron chi connectivity index (χ1n) is 19.8. The van der Waals surface area contributed by atoms with Gasteiger partial charge in [-0.05, 0) is 108 Å². The Morgan fingerprint density at radius 1 is 0.241 bits per heavy atom. The van der Waals surface area contributed by atoms with Crippen molar-refractivity contribution >= 4 is 87.4 Å². The SMILES string of the molecule is c1ccc(-n2c3ccccc3c3cc(-c4ccc5c(c4)c4ccccc4n5-c4ccc5c(c4)c4ccccc4n5-c4ccc5oc6ccccc6c5c4)ccc32)cc1. The van der Waals surface area contributed by atoms with Crippen LogP contribution >= 0.6 is 0 Å². The summed E-state index contributed by atoms with van der Waals surface area (Å²) in [6.45, 7) is 0. The van der Waals surface area contributed by atoms with Gasteiger partial charge in [-0.25, -0.2) is 0 Å². The second-order valence-corrected chi connectivity index (χ2v) is 15.3. The minimum Gasteiger partial charge on any atom is -0.456 e. The summed E-state index contributed by atoms with van der Waals surface area (Å²) in [5.74, 6) is 0. The van der Waals surface area contributed by atoms with Crippen molar-refractivity contribution in [2.75, 3.05) is 0 Å². The number of rotatable bonds is 4. The van der Waals surface area contributed by atoms with E-state index in [0.717, 1.165) is 33.3 Å². The van der Waals surface area contributed by atoms with Gasteiger partial charge in [0.2, 0.25) is 0 Å². The van der Waals surface area contributed by atoms with Gasteiger partial charge >= 0.3 is 0 Å². The maximum absolute atomic E-state index is 6.20. The normalized spacial score (nSPS) is 12.1. The first-order chi connectivity index (χ1) is 28.8. The van der Waals surface area contributed by atoms with Crippen molar-refractivity contribution in [1.29, 1.82) is 0 Å². The smallest absolute Gasteiger partial charge is 0.135 e. The molecule has 0 aliphatic rings. The molecule has 4 heteroatoms. The fourth-order valence-corrected chi connectivity index (χ4v) is 9.67. The van der Waals surface area contributed by atoms with Crippen molar-refractivity contribution in [3.63, 3.8) is 0 Å². The number of aromatic nitrogens is 3. The molecular formula is C54H33N3O. The highest BCUT2D eigenvalue weighted by Crippen LogP contribution is 2.41. The lowest BCUT2D eigenvalue weighted by atomic mass is 10.0. The Balaban J connectivity index is 0.979. The summed E-state index contributed by atoms with van der Waals surface area (Å²) >= 11 is 0. The molecule has 0 saturated heterocycles. The van der Waals surface area contributed by atoms with Crippen molar-refractivity contribution in [3.8, 4) is 28.2 Å². The quantitative estimate of drug-likeness (QED) is 0.177. The van der Waals surface area contributed by atoms with E-state index in [1.54, 1.807) is 0 Å². The fourth-order valence-electron chi connectivity index (χ4n) is 9.67. The van der Waals surface area contributed by atoms with Gasteiger partial charge in [-0.2, -0.15) is 0 Å². The van der Waals surface area contributed by atoms with Crippen LogP contribution in [0, 0.1) is 0 Å². The van der Waals surface area contributed by atoms with Crippen LogP contribution in [0.15, 0.2) is 205 Å². The molecule has 270 valence electrons. The van der Waals surface area contributed by atoms with E-state index >= 15 is 0 Å². The molecule has 4 nitrogen and oxygen atoms in total. The zero-order valence-corrected chi connectivity index (χ0v) is 31.3. The number of hydrogen-bond acceptors (Lipinski definition) is 1. The molecule has 0 fully saturated rings. The first kappa shape index (κ1) is 31.4. The molecule has 0 aliphatic carbocycles. The van der Waals surface area contributed by atoms with Crippen LogP contribution in [0.2, 0.25) is 0 Å². The van der Waals surface area contributed by atoms with Gasteiger partial charge in [0.1, 0.15) is 11.2 Å². The molecule has 0 atom stereocenters. The lowest BCUT2D eigenvalue weighted by Crippen LogP contribution is -1.96. The van der Waals surface area contributed by atoms with Gasteiger partial charge < -0.3 is 18.1 Å². The highest BCUT2D eigenvalue weighted by Gasteiger charge is 2.19. The van der Waals surface area contributed by atoms with Crippen molar-refractivity contribution in [1.82, 2.24) is 13.7 Å². The van der Waals surface area contributed by atoms with Crippen molar-refractivity contribution in [3.05, 3.63) is 200 Å². The zero-order valence-electron chi connectivity index (χ0n) is 31.3. The lowest BCUT2D eigenvalue weighted by Gasteiger charge is -2.11. The van der Waals surface area contributed by atoms with Gasteiger partial charge in [0.15, 0.2) is 0 Å². The maximum Gasteiger partial charge on any atom is 0.135 e. The monoisotopic (exact) mass is 739 g/mol. The molecule has 58 heavy (non-hydrogen) atoms. The predicted octanol–water partition coefficient (Wildman–Crippen LogP) is 14.5. The van der Waals surface area contributed by atoms with Crippen LogP contribution < -0.4 is 0 Å². The number of para-hydroxylation sites is 5. The Morgan fingerprint density at radius 3 is 1.22 bits per heavy atom. The molecule has 13 aromatic rings. The molecule has 0 saturated carbocycles. The highest BCUT2D eigenvalue weighted by molar-refractivity contribution is 6.14. The Morgan fingerprint density at radius 2 is 0.638 bits per heavy atom. The van der Waals surface area contributed by atoms with Crippen LogP contribution in [0.4, 0.5) is 0 Å². The number of fused-ring (bicyclic) bond motifs is 12. The predicted molar refractivity (Wildman–Crippen MR) is 242 cm³/mol. The second-order valence-electron chi connectivity index (χ2n) is 15.3. The summed E-state index contributed by atoms with van der Waals surface area (Å²) in [5.41, 5.74) is 14.8. The number of furan rings is 1. The third-order valence-electron chi connectivity index (χ3n) is 12.2. The molecule has 9 aromatic carbocycles. The van der Waals surface area contributed by atoms with Crippen molar-refractivity contribution < 1.29 is 4.42 Å². The van der Waals surface area contributed by atoms with Crippen LogP contribution in [0.25, 0.3) is 116 Å². The third kappa shape index (κ3) is 4.40. The molecule has 0 unspecified atom stereocenters. The number of benzene rings is 9. The molecule has 0 bridgehead atoms. The van der Waals surface area contributed by atoms with Gasteiger partial charge in [-0.3, -0.25) is 0 Å². The minimum absolute atomic E-state index is 0.902. The average molecular weight is 740 g/mol. The molecule has 0 radical (unpaired) electrons. The van der Waals surface area contributed by atoms with Gasteiger partial charge in [0, 0.05) is 60.2 Å². The lowest BCUT2D eigenvalue weighted by molar-refractivity contribution is 0.669. The summed E-state index contributed by atoms with van der Waals surface area (Å²) in [6.07, 6.45) is 0. The molecule has 0 aliphatic heterocycles. The van der Waals surface area contributed by atoms with Crippen molar-refractivity contribution in [2.24, 2.45) is 0 Å². The van der Waals surface area contributed by atoms with E-state index in [-0.39, 0.29) is 0 Å². The Bertz CT molecular complexity index is 3800. The first-order valence-corrected chi connectivity index (χ1v) is 19.8. The molecule has 13 rings (SSSR count). The van der Waals surface area contributed by atoms with E-state index in [1.807, 2.05) is 12.1 Å². The largest absolute Gasteiger partial charge is 0.456 e. The van der Waals surface area contributed by atoms with E-state index in [0.29, 0.717) is 0 Å². The Kier molecular flexibility index (Phi) is 6.41.